The number of rotatable bonds is 9. The van der Waals surface area contributed by atoms with Crippen LogP contribution < -0.4 is 9.47 Å². The van der Waals surface area contributed by atoms with Crippen molar-refractivity contribution in [1.29, 1.82) is 0 Å². The topological polar surface area (TPSA) is 148 Å². The Bertz CT molecular complexity index is 2010. The maximum absolute atomic E-state index is 15.0. The Kier molecular flexibility index (Phi) is 8.70. The van der Waals surface area contributed by atoms with E-state index in [9.17, 15) is 29.4 Å². The fourth-order valence-electron chi connectivity index (χ4n) is 8.83. The molecule has 3 aliphatic carbocycles. The van der Waals surface area contributed by atoms with Gasteiger partial charge in [-0.3, -0.25) is 28.9 Å². The van der Waals surface area contributed by atoms with E-state index in [1.54, 1.807) is 42.5 Å². The van der Waals surface area contributed by atoms with Crippen molar-refractivity contribution in [3.63, 3.8) is 0 Å². The molecule has 0 aromatic heterocycles. The van der Waals surface area contributed by atoms with Crippen LogP contribution in [0.1, 0.15) is 36.0 Å². The molecule has 0 bridgehead atoms. The van der Waals surface area contributed by atoms with Gasteiger partial charge in [0.25, 0.3) is 0 Å². The summed E-state index contributed by atoms with van der Waals surface area (Å²) in [7, 11) is 2.85. The van der Waals surface area contributed by atoms with Gasteiger partial charge in [-0.15, -0.1) is 0 Å². The average molecular weight is 688 g/mol. The highest BCUT2D eigenvalue weighted by atomic mass is 16.5. The molecule has 51 heavy (non-hydrogen) atoms. The number of phenolic OH excluding ortho intramolecular Hbond substituents is 1. The molecule has 1 saturated heterocycles. The van der Waals surface area contributed by atoms with Crippen LogP contribution in [0.4, 0.5) is 0 Å². The Labute approximate surface area is 294 Å². The third-order valence-electron chi connectivity index (χ3n) is 11.1. The van der Waals surface area contributed by atoms with Crippen LogP contribution in [0.25, 0.3) is 11.6 Å². The molecule has 10 nitrogen and oxygen atoms in total. The number of aliphatic carboxylic acids is 1. The largest absolute Gasteiger partial charge is 0.502 e. The van der Waals surface area contributed by atoms with E-state index in [-0.39, 0.29) is 54.6 Å². The molecule has 1 aliphatic heterocycles. The number of aromatic hydroxyl groups is 1. The third-order valence-corrected chi connectivity index (χ3v) is 11.1. The van der Waals surface area contributed by atoms with Crippen LogP contribution in [0, 0.1) is 29.6 Å². The SMILES string of the molecule is COc1cc(C=CC2C3=CCC4C(=O)N(CCC(=O)O)C(=O)C4C3CC3C(=O)C(c4ccccc4)=CC(=O)C23c2ccccc2)cc(OC)c1O. The number of methoxy groups -OCH3 is 2. The Morgan fingerprint density at radius 2 is 1.57 bits per heavy atom. The Balaban J connectivity index is 1.44. The predicted octanol–water partition coefficient (Wildman–Crippen LogP) is 5.25. The number of nitrogens with zero attached hydrogens (tertiary/aromatic N) is 1. The number of carbonyl (C=O) groups excluding carboxylic acids is 4. The molecule has 1 heterocycles. The zero-order valence-electron chi connectivity index (χ0n) is 28.2. The monoisotopic (exact) mass is 687 g/mol. The molecule has 3 aromatic carbocycles. The first-order chi connectivity index (χ1) is 24.6. The summed E-state index contributed by atoms with van der Waals surface area (Å²) < 4.78 is 10.8. The molecule has 10 heteroatoms. The van der Waals surface area contributed by atoms with E-state index in [1.807, 2.05) is 48.6 Å². The van der Waals surface area contributed by atoms with Crippen LogP contribution in [-0.2, 0) is 29.4 Å². The summed E-state index contributed by atoms with van der Waals surface area (Å²) >= 11 is 0. The van der Waals surface area contributed by atoms with E-state index in [1.165, 1.54) is 20.3 Å². The van der Waals surface area contributed by atoms with Gasteiger partial charge < -0.3 is 19.7 Å². The van der Waals surface area contributed by atoms with Gasteiger partial charge in [-0.1, -0.05) is 84.5 Å². The van der Waals surface area contributed by atoms with Gasteiger partial charge in [0.05, 0.1) is 37.9 Å². The molecular formula is C41H37NO9. The van der Waals surface area contributed by atoms with Crippen molar-refractivity contribution in [1.82, 2.24) is 4.90 Å². The minimum atomic E-state index is -1.39. The van der Waals surface area contributed by atoms with E-state index in [4.69, 9.17) is 9.47 Å². The minimum absolute atomic E-state index is 0.146. The first-order valence-electron chi connectivity index (χ1n) is 16.9. The predicted molar refractivity (Wildman–Crippen MR) is 187 cm³/mol. The van der Waals surface area contributed by atoms with Gasteiger partial charge in [-0.25, -0.2) is 0 Å². The first-order valence-corrected chi connectivity index (χ1v) is 16.9. The number of likely N-dealkylation sites (tertiary alicyclic amines) is 1. The van der Waals surface area contributed by atoms with Crippen LogP contribution in [0.15, 0.2) is 96.6 Å². The summed E-state index contributed by atoms with van der Waals surface area (Å²) in [6.45, 7) is -0.231. The normalized spacial score (nSPS) is 27.0. The zero-order valence-corrected chi connectivity index (χ0v) is 28.2. The van der Waals surface area contributed by atoms with Crippen LogP contribution >= 0.6 is 0 Å². The van der Waals surface area contributed by atoms with Crippen LogP contribution in [0.2, 0.25) is 0 Å². The number of ketones is 2. The van der Waals surface area contributed by atoms with Gasteiger partial charge in [-0.05, 0) is 53.7 Å². The highest BCUT2D eigenvalue weighted by Crippen LogP contribution is 2.61. The van der Waals surface area contributed by atoms with E-state index in [0.717, 1.165) is 10.5 Å². The van der Waals surface area contributed by atoms with Crippen molar-refractivity contribution >= 4 is 41.0 Å². The maximum Gasteiger partial charge on any atom is 0.305 e. The number of ether oxygens (including phenoxy) is 2. The van der Waals surface area contributed by atoms with Crippen molar-refractivity contribution in [3.05, 3.63) is 113 Å². The van der Waals surface area contributed by atoms with E-state index in [2.05, 4.69) is 0 Å². The fourth-order valence-corrected chi connectivity index (χ4v) is 8.83. The second-order valence-corrected chi connectivity index (χ2v) is 13.4. The molecule has 7 rings (SSSR count). The minimum Gasteiger partial charge on any atom is -0.502 e. The molecule has 6 atom stereocenters. The van der Waals surface area contributed by atoms with Crippen molar-refractivity contribution in [2.24, 2.45) is 29.6 Å². The lowest BCUT2D eigenvalue weighted by Crippen LogP contribution is -2.59. The van der Waals surface area contributed by atoms with Crippen LogP contribution in [0.5, 0.6) is 17.2 Å². The summed E-state index contributed by atoms with van der Waals surface area (Å²) in [4.78, 5) is 70.1. The number of amides is 2. The lowest BCUT2D eigenvalue weighted by atomic mass is 9.45. The lowest BCUT2D eigenvalue weighted by Gasteiger charge is -2.54. The van der Waals surface area contributed by atoms with Crippen LogP contribution in [0.3, 0.4) is 0 Å². The Morgan fingerprint density at radius 1 is 0.922 bits per heavy atom. The molecule has 0 radical (unpaired) electrons. The quantitative estimate of drug-likeness (QED) is 0.227. The summed E-state index contributed by atoms with van der Waals surface area (Å²) in [5.41, 5.74) is 1.56. The van der Waals surface area contributed by atoms with E-state index in [0.29, 0.717) is 22.3 Å². The molecule has 2 N–H and O–H groups in total. The van der Waals surface area contributed by atoms with Crippen LogP contribution in [-0.4, -0.2) is 65.2 Å². The van der Waals surface area contributed by atoms with Crippen molar-refractivity contribution in [3.8, 4) is 17.2 Å². The van der Waals surface area contributed by atoms with Gasteiger partial charge >= 0.3 is 5.97 Å². The zero-order chi connectivity index (χ0) is 36.0. The lowest BCUT2D eigenvalue weighted by molar-refractivity contribution is -0.142. The number of hydrogen-bond donors (Lipinski definition) is 2. The highest BCUT2D eigenvalue weighted by molar-refractivity contribution is 6.31. The number of carboxylic acids is 1. The smallest absolute Gasteiger partial charge is 0.305 e. The summed E-state index contributed by atoms with van der Waals surface area (Å²) in [6, 6.07) is 21.5. The van der Waals surface area contributed by atoms with Crippen molar-refractivity contribution in [2.45, 2.75) is 24.7 Å². The standard InChI is InChI=1S/C41H37NO9/c1-50-32-19-23(20-33(51-2)38(32)47)13-16-30-26-14-15-27-36(40(49)42(39(27)48)18-17-35(44)45)29(26)21-31-37(46)28(24-9-5-3-6-10-24)22-34(43)41(30,31)25-11-7-4-8-12-25/h3-14,16,19-20,22,27,29-31,36,47H,15,17-18,21H2,1-2H3,(H,44,45). The second kappa shape index (κ2) is 13.2. The van der Waals surface area contributed by atoms with Gasteiger partial charge in [0, 0.05) is 24.0 Å². The molecule has 2 amide bonds. The number of fused-ring (bicyclic) bond motifs is 4. The Hall–Kier alpha value is -5.77. The molecule has 3 aromatic rings. The molecule has 2 fully saturated rings. The summed E-state index contributed by atoms with van der Waals surface area (Å²) in [6.07, 6.45) is 7.08. The molecule has 6 unspecified atom stereocenters. The number of carboxylic acid groups (broad SMARTS) is 1. The number of Topliss-reactive ketones (excluding diaryl/α,β-unsaturated/α-hetero) is 1. The van der Waals surface area contributed by atoms with Gasteiger partial charge in [0.15, 0.2) is 23.1 Å². The third kappa shape index (κ3) is 5.37. The van der Waals surface area contributed by atoms with Gasteiger partial charge in [0.2, 0.25) is 17.6 Å². The number of hydrogen-bond acceptors (Lipinski definition) is 8. The highest BCUT2D eigenvalue weighted by Gasteiger charge is 2.65. The number of phenols is 1. The average Bonchev–Trinajstić information content (AvgIpc) is 3.39. The molecule has 4 aliphatic rings. The van der Waals surface area contributed by atoms with Crippen molar-refractivity contribution < 1.29 is 43.7 Å². The first kappa shape index (κ1) is 33.7. The Morgan fingerprint density at radius 3 is 2.20 bits per heavy atom. The number of benzene rings is 3. The number of allylic oxidation sites excluding steroid dienone is 5. The van der Waals surface area contributed by atoms with E-state index >= 15 is 4.79 Å². The summed E-state index contributed by atoms with van der Waals surface area (Å²) in [5, 5.41) is 19.9. The summed E-state index contributed by atoms with van der Waals surface area (Å²) in [5.74, 6) is -5.94. The molecule has 1 saturated carbocycles. The second-order valence-electron chi connectivity index (χ2n) is 13.4. The molecule has 0 spiro atoms. The molecule has 260 valence electrons. The van der Waals surface area contributed by atoms with Crippen molar-refractivity contribution in [2.75, 3.05) is 20.8 Å². The maximum atomic E-state index is 15.0. The fraction of sp³-hybridized carbons (Fsp3) is 0.293. The van der Waals surface area contributed by atoms with Gasteiger partial charge in [-0.2, -0.15) is 0 Å². The number of imide groups is 1. The van der Waals surface area contributed by atoms with E-state index < -0.39 is 52.8 Å². The number of carbonyl (C=O) groups is 5. The molecular weight excluding hydrogens is 650 g/mol. The van der Waals surface area contributed by atoms with Gasteiger partial charge in [0.1, 0.15) is 0 Å².